The minimum absolute atomic E-state index is 0.159. The van der Waals surface area contributed by atoms with Crippen molar-refractivity contribution in [3.8, 4) is 0 Å². The Labute approximate surface area is 169 Å². The number of benzene rings is 3. The van der Waals surface area contributed by atoms with Crippen LogP contribution < -0.4 is 5.32 Å². The summed E-state index contributed by atoms with van der Waals surface area (Å²) in [5.41, 5.74) is 3.57. The molecule has 4 rings (SSSR count). The second-order valence-corrected chi connectivity index (χ2v) is 7.45. The van der Waals surface area contributed by atoms with Crippen molar-refractivity contribution in [2.24, 2.45) is 0 Å². The van der Waals surface area contributed by atoms with E-state index in [1.807, 2.05) is 30.3 Å². The van der Waals surface area contributed by atoms with E-state index in [2.05, 4.69) is 41.1 Å². The molecule has 0 saturated heterocycles. The number of aromatic nitrogens is 1. The van der Waals surface area contributed by atoms with Crippen LogP contribution >= 0.6 is 11.6 Å². The van der Waals surface area contributed by atoms with Crippen LogP contribution in [0.3, 0.4) is 0 Å². The third-order valence-corrected chi connectivity index (χ3v) is 5.44. The predicted octanol–water partition coefficient (Wildman–Crippen LogP) is 6.89. The zero-order valence-corrected chi connectivity index (χ0v) is 16.7. The molecule has 3 aromatic carbocycles. The average Bonchev–Trinajstić information content (AvgIpc) is 3.02. The Bertz CT molecular complexity index is 1130. The topological polar surface area (TPSA) is 34.0 Å². The number of hydrogen-bond donors (Lipinski definition) is 1. The molecule has 0 aliphatic heterocycles. The Morgan fingerprint density at radius 2 is 1.68 bits per heavy atom. The summed E-state index contributed by atoms with van der Waals surface area (Å²) in [7, 11) is 0. The van der Waals surface area contributed by atoms with Gasteiger partial charge in [-0.05, 0) is 36.8 Å². The van der Waals surface area contributed by atoms with Gasteiger partial charge in [0.15, 0.2) is 0 Å². The van der Waals surface area contributed by atoms with Crippen molar-refractivity contribution in [1.29, 1.82) is 0 Å². The fourth-order valence-corrected chi connectivity index (χ4v) is 3.91. The Morgan fingerprint density at radius 3 is 2.46 bits per heavy atom. The Hall–Kier alpha value is -2.78. The lowest BCUT2D eigenvalue weighted by molar-refractivity contribution is 0.102. The van der Waals surface area contributed by atoms with Crippen LogP contribution in [-0.2, 0) is 6.54 Å². The van der Waals surface area contributed by atoms with E-state index in [1.165, 1.54) is 23.7 Å². The molecule has 0 spiro atoms. The summed E-state index contributed by atoms with van der Waals surface area (Å²) >= 11 is 6.57. The predicted molar refractivity (Wildman–Crippen MR) is 118 cm³/mol. The molecule has 3 nitrogen and oxygen atoms in total. The fraction of sp³-hybridized carbons (Fsp3) is 0.208. The van der Waals surface area contributed by atoms with Gasteiger partial charge >= 0.3 is 0 Å². The molecule has 1 amide bonds. The number of carbonyl (C=O) groups excluding carboxylic acids is 1. The standard InChI is InChI=1S/C24H23ClN2O/c1-2-3-9-14-27-22-13-8-7-12-18(22)19-15-21(20(25)16-23(19)27)26-24(28)17-10-5-4-6-11-17/h4-8,10-13,15-16H,2-3,9,14H2,1H3,(H,26,28). The number of carbonyl (C=O) groups is 1. The molecule has 0 fully saturated rings. The Balaban J connectivity index is 1.77. The SMILES string of the molecule is CCCCCn1c2ccccc2c2cc(NC(=O)c3ccccc3)c(Cl)cc21. The van der Waals surface area contributed by atoms with Crippen molar-refractivity contribution in [1.82, 2.24) is 4.57 Å². The van der Waals surface area contributed by atoms with Crippen LogP contribution in [0.25, 0.3) is 21.8 Å². The van der Waals surface area contributed by atoms with E-state index in [0.717, 1.165) is 23.9 Å². The normalized spacial score (nSPS) is 11.2. The highest BCUT2D eigenvalue weighted by Crippen LogP contribution is 2.35. The van der Waals surface area contributed by atoms with Gasteiger partial charge in [-0.2, -0.15) is 0 Å². The highest BCUT2D eigenvalue weighted by Gasteiger charge is 2.15. The quantitative estimate of drug-likeness (QED) is 0.357. The molecule has 0 unspecified atom stereocenters. The largest absolute Gasteiger partial charge is 0.340 e. The minimum atomic E-state index is -0.159. The highest BCUT2D eigenvalue weighted by atomic mass is 35.5. The highest BCUT2D eigenvalue weighted by molar-refractivity contribution is 6.35. The van der Waals surface area contributed by atoms with Gasteiger partial charge in [0.25, 0.3) is 5.91 Å². The molecular weight excluding hydrogens is 368 g/mol. The van der Waals surface area contributed by atoms with Crippen LogP contribution in [0.2, 0.25) is 5.02 Å². The first-order valence-electron chi connectivity index (χ1n) is 9.76. The molecule has 28 heavy (non-hydrogen) atoms. The molecule has 0 radical (unpaired) electrons. The lowest BCUT2D eigenvalue weighted by Crippen LogP contribution is -2.12. The fourth-order valence-electron chi connectivity index (χ4n) is 3.71. The first-order valence-corrected chi connectivity index (χ1v) is 10.1. The maximum absolute atomic E-state index is 12.6. The lowest BCUT2D eigenvalue weighted by atomic mass is 10.1. The van der Waals surface area contributed by atoms with Crippen LogP contribution in [0.5, 0.6) is 0 Å². The summed E-state index contributed by atoms with van der Waals surface area (Å²) in [5, 5.41) is 5.81. The number of unbranched alkanes of at least 4 members (excludes halogenated alkanes) is 2. The number of rotatable bonds is 6. The maximum atomic E-state index is 12.6. The molecule has 0 atom stereocenters. The smallest absolute Gasteiger partial charge is 0.255 e. The monoisotopic (exact) mass is 390 g/mol. The molecule has 0 bridgehead atoms. The van der Waals surface area contributed by atoms with Crippen LogP contribution in [0.4, 0.5) is 5.69 Å². The molecule has 4 aromatic rings. The van der Waals surface area contributed by atoms with Gasteiger partial charge in [0.2, 0.25) is 0 Å². The summed E-state index contributed by atoms with van der Waals surface area (Å²) in [4.78, 5) is 12.6. The van der Waals surface area contributed by atoms with Crippen molar-refractivity contribution in [2.45, 2.75) is 32.7 Å². The summed E-state index contributed by atoms with van der Waals surface area (Å²) < 4.78 is 2.34. The molecule has 1 N–H and O–H groups in total. The minimum Gasteiger partial charge on any atom is -0.340 e. The zero-order valence-electron chi connectivity index (χ0n) is 15.9. The number of hydrogen-bond acceptors (Lipinski definition) is 1. The number of amides is 1. The molecule has 1 aromatic heterocycles. The van der Waals surface area contributed by atoms with Gasteiger partial charge in [0.1, 0.15) is 0 Å². The Kier molecular flexibility index (Phi) is 5.36. The number of anilines is 1. The first kappa shape index (κ1) is 18.6. The van der Waals surface area contributed by atoms with E-state index >= 15 is 0 Å². The van der Waals surface area contributed by atoms with E-state index < -0.39 is 0 Å². The van der Waals surface area contributed by atoms with Gasteiger partial charge in [0, 0.05) is 28.4 Å². The zero-order chi connectivity index (χ0) is 19.5. The van der Waals surface area contributed by atoms with E-state index in [9.17, 15) is 4.79 Å². The van der Waals surface area contributed by atoms with Crippen molar-refractivity contribution < 1.29 is 4.79 Å². The second-order valence-electron chi connectivity index (χ2n) is 7.05. The molecule has 0 aliphatic rings. The third kappa shape index (κ3) is 3.50. The molecule has 0 saturated carbocycles. The van der Waals surface area contributed by atoms with E-state index in [0.29, 0.717) is 16.3 Å². The number of nitrogens with zero attached hydrogens (tertiary/aromatic N) is 1. The third-order valence-electron chi connectivity index (χ3n) is 5.13. The molecule has 0 aliphatic carbocycles. The van der Waals surface area contributed by atoms with Crippen molar-refractivity contribution >= 4 is 45.0 Å². The van der Waals surface area contributed by atoms with Crippen molar-refractivity contribution in [3.63, 3.8) is 0 Å². The number of fused-ring (bicyclic) bond motifs is 3. The molecule has 142 valence electrons. The molecular formula is C24H23ClN2O. The summed E-state index contributed by atoms with van der Waals surface area (Å²) in [6.45, 7) is 3.17. The number of aryl methyl sites for hydroxylation is 1. The van der Waals surface area contributed by atoms with Gasteiger partial charge in [-0.3, -0.25) is 4.79 Å². The van der Waals surface area contributed by atoms with E-state index in [1.54, 1.807) is 12.1 Å². The summed E-state index contributed by atoms with van der Waals surface area (Å²) in [6, 6.07) is 21.5. The number of para-hydroxylation sites is 1. The Morgan fingerprint density at radius 1 is 0.929 bits per heavy atom. The van der Waals surface area contributed by atoms with Gasteiger partial charge in [-0.15, -0.1) is 0 Å². The first-order chi connectivity index (χ1) is 13.7. The van der Waals surface area contributed by atoms with Crippen LogP contribution in [0, 0.1) is 0 Å². The van der Waals surface area contributed by atoms with Gasteiger partial charge in [-0.1, -0.05) is 67.8 Å². The number of halogens is 1. The average molecular weight is 391 g/mol. The molecule has 4 heteroatoms. The second kappa shape index (κ2) is 8.07. The summed E-state index contributed by atoms with van der Waals surface area (Å²) in [5.74, 6) is -0.159. The molecule has 1 heterocycles. The van der Waals surface area contributed by atoms with Crippen molar-refractivity contribution in [3.05, 3.63) is 77.3 Å². The van der Waals surface area contributed by atoms with Gasteiger partial charge < -0.3 is 9.88 Å². The van der Waals surface area contributed by atoms with Crippen LogP contribution in [-0.4, -0.2) is 10.5 Å². The van der Waals surface area contributed by atoms with Gasteiger partial charge in [0.05, 0.1) is 16.2 Å². The van der Waals surface area contributed by atoms with Crippen molar-refractivity contribution in [2.75, 3.05) is 5.32 Å². The summed E-state index contributed by atoms with van der Waals surface area (Å²) in [6.07, 6.45) is 3.52. The van der Waals surface area contributed by atoms with Gasteiger partial charge in [-0.25, -0.2) is 0 Å². The van der Waals surface area contributed by atoms with E-state index in [-0.39, 0.29) is 5.91 Å². The number of nitrogens with one attached hydrogen (secondary N) is 1. The lowest BCUT2D eigenvalue weighted by Gasteiger charge is -2.10. The van der Waals surface area contributed by atoms with Crippen LogP contribution in [0.15, 0.2) is 66.7 Å². The van der Waals surface area contributed by atoms with Crippen LogP contribution in [0.1, 0.15) is 36.5 Å². The van der Waals surface area contributed by atoms with E-state index in [4.69, 9.17) is 11.6 Å². The maximum Gasteiger partial charge on any atom is 0.255 e.